The number of alkyl halides is 3. The second-order valence-corrected chi connectivity index (χ2v) is 8.79. The molecule has 178 valence electrons. The highest BCUT2D eigenvalue weighted by Crippen LogP contribution is 2.46. The average Bonchev–Trinajstić information content (AvgIpc) is 3.18. The highest BCUT2D eigenvalue weighted by Gasteiger charge is 2.48. The van der Waals surface area contributed by atoms with E-state index in [0.29, 0.717) is 17.9 Å². The molecular formula is C24H22ClF3N4O2. The maximum absolute atomic E-state index is 14.1. The molecule has 0 spiro atoms. The zero-order valence-electron chi connectivity index (χ0n) is 18.3. The van der Waals surface area contributed by atoms with Crippen molar-refractivity contribution in [2.45, 2.75) is 37.5 Å². The third-order valence-electron chi connectivity index (χ3n) is 6.37. The summed E-state index contributed by atoms with van der Waals surface area (Å²) in [7, 11) is 1.52. The molecule has 0 unspecified atom stereocenters. The molecule has 2 aliphatic rings. The van der Waals surface area contributed by atoms with Crippen LogP contribution in [0.4, 0.5) is 24.7 Å². The van der Waals surface area contributed by atoms with Crippen LogP contribution >= 0.6 is 11.6 Å². The molecule has 1 aromatic heterocycles. The van der Waals surface area contributed by atoms with Crippen LogP contribution in [0, 0.1) is 0 Å². The van der Waals surface area contributed by atoms with Crippen LogP contribution in [0.5, 0.6) is 5.75 Å². The van der Waals surface area contributed by atoms with E-state index < -0.39 is 24.2 Å². The SMILES string of the molecule is COc1ccc([C@@H]2C[C@H](C(F)(F)F)n3nc(C(=O)N4CCCc5ccccc54)c(Cl)c3N2)cc1. The highest BCUT2D eigenvalue weighted by atomic mass is 35.5. The smallest absolute Gasteiger partial charge is 0.410 e. The minimum Gasteiger partial charge on any atom is -0.497 e. The second kappa shape index (κ2) is 8.54. The predicted molar refractivity (Wildman–Crippen MR) is 123 cm³/mol. The zero-order valence-corrected chi connectivity index (χ0v) is 19.0. The number of para-hydroxylation sites is 1. The van der Waals surface area contributed by atoms with Crippen molar-refractivity contribution in [3.8, 4) is 5.75 Å². The summed E-state index contributed by atoms with van der Waals surface area (Å²) in [6, 6.07) is 11.7. The first kappa shape index (κ1) is 22.6. The van der Waals surface area contributed by atoms with Crippen LogP contribution in [0.2, 0.25) is 5.02 Å². The fourth-order valence-corrected chi connectivity index (χ4v) is 4.91. The van der Waals surface area contributed by atoms with Crippen molar-refractivity contribution in [1.29, 1.82) is 0 Å². The summed E-state index contributed by atoms with van der Waals surface area (Å²) >= 11 is 6.52. The number of nitrogens with one attached hydrogen (secondary N) is 1. The van der Waals surface area contributed by atoms with Crippen LogP contribution in [0.1, 0.15) is 46.5 Å². The molecule has 2 atom stereocenters. The first-order valence-corrected chi connectivity index (χ1v) is 11.3. The number of anilines is 2. The van der Waals surface area contributed by atoms with Crippen molar-refractivity contribution >= 4 is 29.0 Å². The lowest BCUT2D eigenvalue weighted by Crippen LogP contribution is -2.37. The van der Waals surface area contributed by atoms with Crippen molar-refractivity contribution in [2.24, 2.45) is 0 Å². The Balaban J connectivity index is 1.53. The lowest BCUT2D eigenvalue weighted by atomic mass is 9.97. The quantitative estimate of drug-likeness (QED) is 0.504. The highest BCUT2D eigenvalue weighted by molar-refractivity contribution is 6.36. The molecule has 3 aromatic rings. The molecule has 2 aliphatic heterocycles. The summed E-state index contributed by atoms with van der Waals surface area (Å²) in [6.07, 6.45) is -3.29. The van der Waals surface area contributed by atoms with Gasteiger partial charge >= 0.3 is 6.18 Å². The number of amides is 1. The summed E-state index contributed by atoms with van der Waals surface area (Å²) < 4.78 is 48.2. The van der Waals surface area contributed by atoms with E-state index >= 15 is 0 Å². The Labute approximate surface area is 199 Å². The number of rotatable bonds is 3. The summed E-state index contributed by atoms with van der Waals surface area (Å²) in [5.41, 5.74) is 2.20. The van der Waals surface area contributed by atoms with Gasteiger partial charge in [0.1, 0.15) is 16.6 Å². The number of hydrogen-bond acceptors (Lipinski definition) is 4. The molecule has 2 aromatic carbocycles. The van der Waals surface area contributed by atoms with Crippen molar-refractivity contribution in [3.05, 3.63) is 70.4 Å². The van der Waals surface area contributed by atoms with Crippen LogP contribution in [0.15, 0.2) is 48.5 Å². The molecule has 1 amide bonds. The standard InChI is InChI=1S/C24H22ClF3N4O2/c1-34-16-10-8-14(9-11-16)17-13-19(24(26,27)28)32-22(29-17)20(25)21(30-32)23(33)31-12-4-6-15-5-2-3-7-18(15)31/h2-3,5,7-11,17,19,29H,4,6,12-13H2,1H3/t17-,19+/m0/s1. The topological polar surface area (TPSA) is 59.4 Å². The van der Waals surface area contributed by atoms with E-state index in [4.69, 9.17) is 16.3 Å². The number of fused-ring (bicyclic) bond motifs is 2. The molecule has 0 saturated carbocycles. The fourth-order valence-electron chi connectivity index (χ4n) is 4.65. The van der Waals surface area contributed by atoms with Crippen molar-refractivity contribution < 1.29 is 22.7 Å². The van der Waals surface area contributed by atoms with Gasteiger partial charge in [-0.05, 0) is 42.2 Å². The van der Waals surface area contributed by atoms with Crippen molar-refractivity contribution in [2.75, 3.05) is 23.9 Å². The first-order valence-electron chi connectivity index (χ1n) is 10.9. The van der Waals surface area contributed by atoms with Gasteiger partial charge in [0.25, 0.3) is 5.91 Å². The minimum atomic E-state index is -4.57. The number of nitrogens with zero attached hydrogens (tertiary/aromatic N) is 3. The number of ether oxygens (including phenoxy) is 1. The third-order valence-corrected chi connectivity index (χ3v) is 6.73. The number of halogens is 4. The van der Waals surface area contributed by atoms with Crippen LogP contribution in [0.25, 0.3) is 0 Å². The minimum absolute atomic E-state index is 0.00953. The lowest BCUT2D eigenvalue weighted by molar-refractivity contribution is -0.173. The molecule has 1 N–H and O–H groups in total. The summed E-state index contributed by atoms with van der Waals surface area (Å²) in [5, 5.41) is 7.06. The molecular weight excluding hydrogens is 469 g/mol. The molecule has 0 radical (unpaired) electrons. The second-order valence-electron chi connectivity index (χ2n) is 8.41. The normalized spacial score (nSPS) is 19.7. The van der Waals surface area contributed by atoms with E-state index in [-0.39, 0.29) is 23.0 Å². The van der Waals surface area contributed by atoms with E-state index in [1.165, 1.54) is 7.11 Å². The van der Waals surface area contributed by atoms with Gasteiger partial charge < -0.3 is 15.0 Å². The van der Waals surface area contributed by atoms with Gasteiger partial charge in [-0.2, -0.15) is 18.3 Å². The van der Waals surface area contributed by atoms with Gasteiger partial charge in [-0.3, -0.25) is 4.79 Å². The van der Waals surface area contributed by atoms with E-state index in [0.717, 1.165) is 28.8 Å². The Morgan fingerprint density at radius 1 is 1.18 bits per heavy atom. The number of aromatic nitrogens is 2. The average molecular weight is 491 g/mol. The molecule has 3 heterocycles. The van der Waals surface area contributed by atoms with Gasteiger partial charge in [0, 0.05) is 18.7 Å². The number of methoxy groups -OCH3 is 1. The number of carbonyl (C=O) groups excluding carboxylic acids is 1. The van der Waals surface area contributed by atoms with Gasteiger partial charge in [-0.1, -0.05) is 41.9 Å². The number of aryl methyl sites for hydroxylation is 1. The van der Waals surface area contributed by atoms with Crippen LogP contribution in [-0.4, -0.2) is 35.5 Å². The first-order chi connectivity index (χ1) is 16.3. The summed E-state index contributed by atoms with van der Waals surface area (Å²) in [4.78, 5) is 15.0. The van der Waals surface area contributed by atoms with E-state index in [1.54, 1.807) is 29.2 Å². The monoisotopic (exact) mass is 490 g/mol. The van der Waals surface area contributed by atoms with Crippen molar-refractivity contribution in [1.82, 2.24) is 9.78 Å². The van der Waals surface area contributed by atoms with Crippen molar-refractivity contribution in [3.63, 3.8) is 0 Å². The Hall–Kier alpha value is -3.20. The Morgan fingerprint density at radius 3 is 2.62 bits per heavy atom. The molecule has 34 heavy (non-hydrogen) atoms. The number of hydrogen-bond donors (Lipinski definition) is 1. The molecule has 5 rings (SSSR count). The largest absolute Gasteiger partial charge is 0.497 e. The van der Waals surface area contributed by atoms with Crippen LogP contribution in [-0.2, 0) is 6.42 Å². The van der Waals surface area contributed by atoms with Crippen LogP contribution < -0.4 is 15.0 Å². The van der Waals surface area contributed by atoms with Gasteiger partial charge in [0.2, 0.25) is 0 Å². The lowest BCUT2D eigenvalue weighted by Gasteiger charge is -2.33. The molecule has 0 fully saturated rings. The van der Waals surface area contributed by atoms with E-state index in [9.17, 15) is 18.0 Å². The van der Waals surface area contributed by atoms with Gasteiger partial charge in [0.05, 0.1) is 13.2 Å². The summed E-state index contributed by atoms with van der Waals surface area (Å²) in [6.45, 7) is 0.443. The van der Waals surface area contributed by atoms with Crippen LogP contribution in [0.3, 0.4) is 0 Å². The molecule has 0 bridgehead atoms. The fraction of sp³-hybridized carbons (Fsp3) is 0.333. The number of benzene rings is 2. The molecule has 0 aliphatic carbocycles. The maximum Gasteiger partial charge on any atom is 0.410 e. The van der Waals surface area contributed by atoms with Gasteiger partial charge in [-0.15, -0.1) is 0 Å². The molecule has 0 saturated heterocycles. The Morgan fingerprint density at radius 2 is 1.91 bits per heavy atom. The Kier molecular flexibility index (Phi) is 5.67. The molecule has 6 nitrogen and oxygen atoms in total. The van der Waals surface area contributed by atoms with E-state index in [1.807, 2.05) is 24.3 Å². The van der Waals surface area contributed by atoms with E-state index in [2.05, 4.69) is 10.4 Å². The maximum atomic E-state index is 14.1. The summed E-state index contributed by atoms with van der Waals surface area (Å²) in [5.74, 6) is 0.0807. The zero-order chi connectivity index (χ0) is 24.0. The number of carbonyl (C=O) groups is 1. The molecule has 10 heteroatoms. The van der Waals surface area contributed by atoms with Gasteiger partial charge in [-0.25, -0.2) is 4.68 Å². The van der Waals surface area contributed by atoms with Gasteiger partial charge in [0.15, 0.2) is 11.7 Å². The third kappa shape index (κ3) is 3.87. The Bertz CT molecular complexity index is 1230. The predicted octanol–water partition coefficient (Wildman–Crippen LogP) is 5.80.